The number of fused-ring (bicyclic) bond motifs is 1. The third-order valence-electron chi connectivity index (χ3n) is 4.40. The third kappa shape index (κ3) is 3.43. The van der Waals surface area contributed by atoms with Crippen molar-refractivity contribution in [2.75, 3.05) is 11.9 Å². The lowest BCUT2D eigenvalue weighted by Crippen LogP contribution is -2.28. The van der Waals surface area contributed by atoms with Crippen LogP contribution in [0.15, 0.2) is 24.3 Å². The first-order valence-corrected chi connectivity index (χ1v) is 8.13. The van der Waals surface area contributed by atoms with Crippen molar-refractivity contribution in [3.8, 4) is 23.6 Å². The summed E-state index contributed by atoms with van der Waals surface area (Å²) in [7, 11) is 0. The third-order valence-corrected chi connectivity index (χ3v) is 4.40. The minimum atomic E-state index is -0.309. The zero-order valence-corrected chi connectivity index (χ0v) is 14.1. The number of hydrogen-bond acceptors (Lipinski definition) is 2. The summed E-state index contributed by atoms with van der Waals surface area (Å²) in [4.78, 5) is 11.7. The molecule has 0 saturated carbocycles. The zero-order chi connectivity index (χ0) is 17.2. The summed E-state index contributed by atoms with van der Waals surface area (Å²) >= 11 is 0. The summed E-state index contributed by atoms with van der Waals surface area (Å²) in [6.45, 7) is 4.78. The quantitative estimate of drug-likeness (QED) is 0.759. The maximum atomic E-state index is 11.7. The molecule has 0 fully saturated rings. The molecule has 5 heteroatoms. The molecule has 0 unspecified atom stereocenters. The summed E-state index contributed by atoms with van der Waals surface area (Å²) in [6, 6.07) is 7.41. The molecule has 1 heterocycles. The molecule has 0 aliphatic heterocycles. The fourth-order valence-electron chi connectivity index (χ4n) is 3.14. The molecule has 0 atom stereocenters. The normalized spacial score (nSPS) is 15.2. The predicted octanol–water partition coefficient (Wildman–Crippen LogP) is 3.35. The van der Waals surface area contributed by atoms with Gasteiger partial charge in [0.25, 0.3) is 0 Å². The van der Waals surface area contributed by atoms with Crippen molar-refractivity contribution in [1.29, 1.82) is 0 Å². The molecule has 0 bridgehead atoms. The van der Waals surface area contributed by atoms with Crippen LogP contribution >= 0.6 is 0 Å². The highest BCUT2D eigenvalue weighted by Crippen LogP contribution is 2.38. The van der Waals surface area contributed by atoms with Crippen LogP contribution < -0.4 is 10.6 Å². The summed E-state index contributed by atoms with van der Waals surface area (Å²) < 4.78 is 0. The van der Waals surface area contributed by atoms with Gasteiger partial charge in [-0.1, -0.05) is 31.9 Å². The number of benzene rings is 1. The monoisotopic (exact) mass is 322 g/mol. The van der Waals surface area contributed by atoms with Crippen LogP contribution in [-0.4, -0.2) is 22.8 Å². The van der Waals surface area contributed by atoms with E-state index in [-0.39, 0.29) is 12.6 Å². The van der Waals surface area contributed by atoms with Crippen molar-refractivity contribution in [3.63, 3.8) is 0 Å². The van der Waals surface area contributed by atoms with E-state index in [1.807, 2.05) is 24.3 Å². The Labute approximate surface area is 142 Å². The van der Waals surface area contributed by atoms with Crippen molar-refractivity contribution in [1.82, 2.24) is 15.5 Å². The minimum Gasteiger partial charge on any atom is -0.327 e. The van der Waals surface area contributed by atoms with Crippen LogP contribution in [0.5, 0.6) is 0 Å². The van der Waals surface area contributed by atoms with Crippen molar-refractivity contribution >= 4 is 11.7 Å². The number of urea groups is 1. The Bertz CT molecular complexity index is 798. The molecule has 1 aliphatic rings. The number of aromatic nitrogens is 2. The van der Waals surface area contributed by atoms with Crippen LogP contribution in [0, 0.1) is 17.8 Å². The van der Waals surface area contributed by atoms with E-state index in [9.17, 15) is 4.79 Å². The van der Waals surface area contributed by atoms with Crippen molar-refractivity contribution in [2.24, 2.45) is 5.41 Å². The van der Waals surface area contributed by atoms with Crippen molar-refractivity contribution in [2.45, 2.75) is 33.1 Å². The molecular formula is C19H22N4O. The Balaban J connectivity index is 1.82. The number of H-pyrrole nitrogens is 1. The Hall–Kier alpha value is -2.74. The SMILES string of the molecule is C#CCNC(=O)Nc1cccc(-c2n[nH]c3c2CCC(C)(C)C3)c1. The van der Waals surface area contributed by atoms with Gasteiger partial charge in [-0.3, -0.25) is 5.10 Å². The molecule has 2 aromatic rings. The highest BCUT2D eigenvalue weighted by molar-refractivity contribution is 5.90. The molecule has 124 valence electrons. The standard InChI is InChI=1S/C19H22N4O/c1-4-10-20-18(24)21-14-7-5-6-13(11-14)17-15-8-9-19(2,3)12-16(15)22-23-17/h1,5-7,11H,8-10,12H2,2-3H3,(H,22,23)(H2,20,21,24). The number of anilines is 1. The van der Waals surface area contributed by atoms with E-state index in [0.29, 0.717) is 5.41 Å². The molecule has 0 spiro atoms. The summed E-state index contributed by atoms with van der Waals surface area (Å²) in [6.07, 6.45) is 8.33. The van der Waals surface area contributed by atoms with Gasteiger partial charge in [0.2, 0.25) is 0 Å². The number of terminal acetylenes is 1. The van der Waals surface area contributed by atoms with E-state index in [1.165, 1.54) is 11.3 Å². The van der Waals surface area contributed by atoms with Gasteiger partial charge < -0.3 is 10.6 Å². The number of aromatic amines is 1. The van der Waals surface area contributed by atoms with E-state index in [4.69, 9.17) is 6.42 Å². The Morgan fingerprint density at radius 2 is 2.29 bits per heavy atom. The topological polar surface area (TPSA) is 69.8 Å². The molecule has 0 saturated heterocycles. The lowest BCUT2D eigenvalue weighted by atomic mass is 9.76. The molecule has 3 N–H and O–H groups in total. The molecule has 1 aromatic carbocycles. The molecule has 5 nitrogen and oxygen atoms in total. The van der Waals surface area contributed by atoms with E-state index in [0.717, 1.165) is 36.2 Å². The number of carbonyl (C=O) groups excluding carboxylic acids is 1. The second-order valence-electron chi connectivity index (χ2n) is 6.96. The number of rotatable bonds is 3. The van der Waals surface area contributed by atoms with Gasteiger partial charge in [-0.15, -0.1) is 6.42 Å². The summed E-state index contributed by atoms with van der Waals surface area (Å²) in [5.41, 5.74) is 5.54. The fraction of sp³-hybridized carbons (Fsp3) is 0.368. The molecule has 1 aliphatic carbocycles. The Morgan fingerprint density at radius 3 is 3.08 bits per heavy atom. The van der Waals surface area contributed by atoms with Crippen LogP contribution in [0.25, 0.3) is 11.3 Å². The Morgan fingerprint density at radius 1 is 1.46 bits per heavy atom. The first-order valence-electron chi connectivity index (χ1n) is 8.13. The van der Waals surface area contributed by atoms with Gasteiger partial charge in [-0.05, 0) is 36.8 Å². The maximum Gasteiger partial charge on any atom is 0.319 e. The van der Waals surface area contributed by atoms with Crippen LogP contribution in [-0.2, 0) is 12.8 Å². The number of carbonyl (C=O) groups is 1. The highest BCUT2D eigenvalue weighted by Gasteiger charge is 2.29. The molecule has 3 rings (SSSR count). The van der Waals surface area contributed by atoms with Crippen LogP contribution in [0.4, 0.5) is 10.5 Å². The molecule has 2 amide bonds. The zero-order valence-electron chi connectivity index (χ0n) is 14.1. The van der Waals surface area contributed by atoms with Crippen LogP contribution in [0.2, 0.25) is 0 Å². The van der Waals surface area contributed by atoms with Crippen LogP contribution in [0.1, 0.15) is 31.5 Å². The average molecular weight is 322 g/mol. The molecule has 24 heavy (non-hydrogen) atoms. The van der Waals surface area contributed by atoms with Gasteiger partial charge in [0.15, 0.2) is 0 Å². The predicted molar refractivity (Wildman–Crippen MR) is 95.7 cm³/mol. The average Bonchev–Trinajstić information content (AvgIpc) is 2.94. The largest absolute Gasteiger partial charge is 0.327 e. The van der Waals surface area contributed by atoms with E-state index in [2.05, 4.69) is 40.6 Å². The first kappa shape index (κ1) is 16.1. The van der Waals surface area contributed by atoms with Gasteiger partial charge in [0.1, 0.15) is 0 Å². The Kier molecular flexibility index (Phi) is 4.30. The van der Waals surface area contributed by atoms with E-state index >= 15 is 0 Å². The number of nitrogens with one attached hydrogen (secondary N) is 3. The lowest BCUT2D eigenvalue weighted by Gasteiger charge is -2.29. The smallest absolute Gasteiger partial charge is 0.319 e. The summed E-state index contributed by atoms with van der Waals surface area (Å²) in [5, 5.41) is 13.1. The minimum absolute atomic E-state index is 0.203. The number of amides is 2. The first-order chi connectivity index (χ1) is 11.5. The molecular weight excluding hydrogens is 300 g/mol. The molecule has 1 aromatic heterocycles. The van der Waals surface area contributed by atoms with Crippen LogP contribution in [0.3, 0.4) is 0 Å². The number of hydrogen-bond donors (Lipinski definition) is 3. The van der Waals surface area contributed by atoms with Gasteiger partial charge in [0, 0.05) is 22.5 Å². The van der Waals surface area contributed by atoms with Gasteiger partial charge in [-0.2, -0.15) is 5.10 Å². The second kappa shape index (κ2) is 6.40. The second-order valence-corrected chi connectivity index (χ2v) is 6.96. The van der Waals surface area contributed by atoms with Gasteiger partial charge in [-0.25, -0.2) is 4.79 Å². The molecule has 0 radical (unpaired) electrons. The number of nitrogens with zero attached hydrogens (tertiary/aromatic N) is 1. The van der Waals surface area contributed by atoms with E-state index < -0.39 is 0 Å². The lowest BCUT2D eigenvalue weighted by molar-refractivity contribution is 0.253. The maximum absolute atomic E-state index is 11.7. The van der Waals surface area contributed by atoms with Gasteiger partial charge >= 0.3 is 6.03 Å². The fourth-order valence-corrected chi connectivity index (χ4v) is 3.14. The van der Waals surface area contributed by atoms with Crippen molar-refractivity contribution < 1.29 is 4.79 Å². The summed E-state index contributed by atoms with van der Waals surface area (Å²) in [5.74, 6) is 2.37. The van der Waals surface area contributed by atoms with Gasteiger partial charge in [0.05, 0.1) is 12.2 Å². The highest BCUT2D eigenvalue weighted by atomic mass is 16.2. The van der Waals surface area contributed by atoms with Crippen molar-refractivity contribution in [3.05, 3.63) is 35.5 Å². The van der Waals surface area contributed by atoms with E-state index in [1.54, 1.807) is 0 Å².